The molecule has 61 heavy (non-hydrogen) atoms. The number of piperidine rings is 1. The standard InChI is InChI=1S/C47H50ClF3N6O2S2/c1-30(2)33-8-13-40(32-6-9-36(48)10-7-32)35(25-33)24-31-17-22-57(23-18-31)37-11-14-41(43(27-37)59-38-26-34-16-20-53-45(34)54-29-38)46(58)55-61-39-12-15-42(52-19-5-21-56(3)4)44(28-39)60-47(49,50)51/h6-16,20,25-31,52H,5,17-19,21-24H2,1-4H3,(H,53,54)(H,55,58). The first-order chi connectivity index (χ1) is 29.3. The lowest BCUT2D eigenvalue weighted by Gasteiger charge is -2.34. The number of fused-ring (bicyclic) bond motifs is 1. The fourth-order valence-corrected chi connectivity index (χ4v) is 9.06. The molecule has 7 rings (SSSR count). The maximum absolute atomic E-state index is 13.9. The van der Waals surface area contributed by atoms with Gasteiger partial charge >= 0.3 is 5.51 Å². The van der Waals surface area contributed by atoms with Gasteiger partial charge in [-0.2, -0.15) is 13.2 Å². The number of benzene rings is 4. The Bertz CT molecular complexity index is 2430. The van der Waals surface area contributed by atoms with Crippen LogP contribution in [0.4, 0.5) is 24.5 Å². The third kappa shape index (κ3) is 12.0. The first kappa shape index (κ1) is 44.2. The molecule has 0 aliphatic carbocycles. The molecule has 2 aromatic heterocycles. The lowest BCUT2D eigenvalue weighted by atomic mass is 9.85. The average Bonchev–Trinajstić information content (AvgIpc) is 3.70. The topological polar surface area (TPSA) is 85.5 Å². The molecule has 1 amide bonds. The number of nitrogens with one attached hydrogen (secondary N) is 3. The van der Waals surface area contributed by atoms with Crippen molar-refractivity contribution in [1.82, 2.24) is 19.6 Å². The summed E-state index contributed by atoms with van der Waals surface area (Å²) in [6, 6.07) is 29.0. The number of aromatic nitrogens is 2. The Kier molecular flexibility index (Phi) is 14.4. The van der Waals surface area contributed by atoms with Crippen molar-refractivity contribution in [2.75, 3.05) is 50.5 Å². The zero-order valence-electron chi connectivity index (χ0n) is 34.6. The number of alkyl halides is 3. The summed E-state index contributed by atoms with van der Waals surface area (Å²) in [6.07, 6.45) is 7.14. The Morgan fingerprint density at radius 1 is 1.00 bits per heavy atom. The van der Waals surface area contributed by atoms with Crippen LogP contribution in [0.5, 0.6) is 11.5 Å². The van der Waals surface area contributed by atoms with Crippen molar-refractivity contribution in [2.24, 2.45) is 5.92 Å². The van der Waals surface area contributed by atoms with E-state index >= 15 is 0 Å². The Balaban J connectivity index is 1.07. The Morgan fingerprint density at radius 3 is 2.52 bits per heavy atom. The van der Waals surface area contributed by atoms with E-state index in [1.54, 1.807) is 30.6 Å². The molecule has 1 aliphatic rings. The van der Waals surface area contributed by atoms with Crippen LogP contribution in [0, 0.1) is 5.92 Å². The molecule has 0 spiro atoms. The number of hydrogen-bond acceptors (Lipinski definition) is 8. The van der Waals surface area contributed by atoms with Gasteiger partial charge in [0.05, 0.1) is 11.8 Å². The molecule has 4 aromatic carbocycles. The first-order valence-corrected chi connectivity index (χ1v) is 22.4. The molecule has 0 atom stereocenters. The van der Waals surface area contributed by atoms with Crippen molar-refractivity contribution >= 4 is 63.6 Å². The van der Waals surface area contributed by atoms with E-state index in [-0.39, 0.29) is 22.2 Å². The van der Waals surface area contributed by atoms with Crippen molar-refractivity contribution in [1.29, 1.82) is 0 Å². The molecule has 0 unspecified atom stereocenters. The minimum atomic E-state index is -4.48. The van der Waals surface area contributed by atoms with Crippen LogP contribution in [-0.2, 0) is 6.42 Å². The normalized spacial score (nSPS) is 13.6. The summed E-state index contributed by atoms with van der Waals surface area (Å²) < 4.78 is 50.0. The molecule has 0 saturated carbocycles. The monoisotopic (exact) mass is 886 g/mol. The zero-order valence-corrected chi connectivity index (χ0v) is 37.0. The highest BCUT2D eigenvalue weighted by molar-refractivity contribution is 8.00. The summed E-state index contributed by atoms with van der Waals surface area (Å²) in [5.74, 6) is 1.28. The lowest BCUT2D eigenvalue weighted by Crippen LogP contribution is -2.34. The zero-order chi connectivity index (χ0) is 43.1. The number of hydrogen-bond donors (Lipinski definition) is 3. The maximum Gasteiger partial charge on any atom is 0.446 e. The molecule has 1 saturated heterocycles. The maximum atomic E-state index is 13.9. The second kappa shape index (κ2) is 19.9. The molecule has 8 nitrogen and oxygen atoms in total. The minimum Gasteiger partial charge on any atom is -0.455 e. The van der Waals surface area contributed by atoms with Crippen molar-refractivity contribution in [3.8, 4) is 22.6 Å². The van der Waals surface area contributed by atoms with E-state index in [0.717, 1.165) is 78.9 Å². The van der Waals surface area contributed by atoms with E-state index in [1.165, 1.54) is 22.8 Å². The Labute approximate surface area is 369 Å². The number of carbonyl (C=O) groups is 1. The van der Waals surface area contributed by atoms with Gasteiger partial charge in [0.1, 0.15) is 17.1 Å². The number of H-pyrrole nitrogens is 1. The van der Waals surface area contributed by atoms with Crippen molar-refractivity contribution < 1.29 is 22.7 Å². The van der Waals surface area contributed by atoms with Crippen LogP contribution in [-0.4, -0.2) is 66.6 Å². The molecular weight excluding hydrogens is 837 g/mol. The smallest absolute Gasteiger partial charge is 0.446 e. The van der Waals surface area contributed by atoms with Gasteiger partial charge in [-0.15, -0.1) is 0 Å². The molecule has 1 fully saturated rings. The van der Waals surface area contributed by atoms with Gasteiger partial charge in [-0.25, -0.2) is 4.98 Å². The minimum absolute atomic E-state index is 0.0347. The number of halogens is 4. The van der Waals surface area contributed by atoms with Crippen molar-refractivity contribution in [2.45, 2.75) is 60.7 Å². The number of rotatable bonds is 16. The SMILES string of the molecule is CC(C)c1ccc(-c2ccc(Cl)cc2)c(CC2CCN(c3ccc(C(=O)NSc4ccc(NCCCN(C)C)c(SC(F)(F)F)c4)c(Oc4cnc5[nH]ccc5c4)c3)CC2)c1. The second-order valence-electron chi connectivity index (χ2n) is 15.9. The molecule has 0 bridgehead atoms. The fourth-order valence-electron chi connectivity index (χ4n) is 7.54. The molecule has 3 N–H and O–H groups in total. The van der Waals surface area contributed by atoms with Gasteiger partial charge in [0, 0.05) is 63.5 Å². The quantitative estimate of drug-likeness (QED) is 0.0503. The fraction of sp³-hybridized carbons (Fsp3) is 0.319. The predicted octanol–water partition coefficient (Wildman–Crippen LogP) is 12.7. The molecule has 6 aromatic rings. The first-order valence-electron chi connectivity index (χ1n) is 20.4. The summed E-state index contributed by atoms with van der Waals surface area (Å²) in [6.45, 7) is 7.45. The van der Waals surface area contributed by atoms with Crippen molar-refractivity contribution in [3.05, 3.63) is 125 Å². The summed E-state index contributed by atoms with van der Waals surface area (Å²) in [5, 5.41) is 4.71. The highest BCUT2D eigenvalue weighted by Crippen LogP contribution is 2.42. The number of nitrogens with zero attached hydrogens (tertiary/aromatic N) is 3. The molecule has 3 heterocycles. The molecular formula is C47H50ClF3N6O2S2. The van der Waals surface area contributed by atoms with Crippen LogP contribution in [0.2, 0.25) is 5.02 Å². The average molecular weight is 888 g/mol. The van der Waals surface area contributed by atoms with E-state index in [9.17, 15) is 18.0 Å². The summed E-state index contributed by atoms with van der Waals surface area (Å²) in [7, 11) is 3.90. The van der Waals surface area contributed by atoms with Gasteiger partial charge in [-0.1, -0.05) is 55.8 Å². The number of thioether (sulfide) groups is 1. The van der Waals surface area contributed by atoms with Crippen LogP contribution in [0.3, 0.4) is 0 Å². The van der Waals surface area contributed by atoms with Gasteiger partial charge in [0.25, 0.3) is 5.91 Å². The van der Waals surface area contributed by atoms with E-state index in [2.05, 4.69) is 69.1 Å². The van der Waals surface area contributed by atoms with Gasteiger partial charge in [0.15, 0.2) is 0 Å². The van der Waals surface area contributed by atoms with Crippen LogP contribution >= 0.6 is 35.3 Å². The van der Waals surface area contributed by atoms with Crippen LogP contribution in [0.1, 0.15) is 60.5 Å². The summed E-state index contributed by atoms with van der Waals surface area (Å²) in [5.41, 5.74) is 2.92. The van der Waals surface area contributed by atoms with Crippen molar-refractivity contribution in [3.63, 3.8) is 0 Å². The van der Waals surface area contributed by atoms with Gasteiger partial charge in [-0.3, -0.25) is 9.52 Å². The molecule has 320 valence electrons. The predicted molar refractivity (Wildman–Crippen MR) is 246 cm³/mol. The third-order valence-electron chi connectivity index (χ3n) is 10.8. The number of amides is 1. The van der Waals surface area contributed by atoms with Gasteiger partial charge < -0.3 is 24.8 Å². The van der Waals surface area contributed by atoms with E-state index in [4.69, 9.17) is 16.3 Å². The highest BCUT2D eigenvalue weighted by Gasteiger charge is 2.31. The second-order valence-corrected chi connectivity index (χ2v) is 18.3. The van der Waals surface area contributed by atoms with Gasteiger partial charge in [0.2, 0.25) is 0 Å². The largest absolute Gasteiger partial charge is 0.455 e. The molecule has 1 aliphatic heterocycles. The number of anilines is 2. The van der Waals surface area contributed by atoms with Gasteiger partial charge in [-0.05, 0) is 159 Å². The number of pyridine rings is 1. The summed E-state index contributed by atoms with van der Waals surface area (Å²) in [4.78, 5) is 26.3. The molecule has 0 radical (unpaired) electrons. The number of ether oxygens (including phenoxy) is 1. The summed E-state index contributed by atoms with van der Waals surface area (Å²) >= 11 is 7.01. The highest BCUT2D eigenvalue weighted by atomic mass is 35.5. The third-order valence-corrected chi connectivity index (χ3v) is 12.6. The Hall–Kier alpha value is -4.82. The van der Waals surface area contributed by atoms with E-state index < -0.39 is 11.4 Å². The van der Waals surface area contributed by atoms with Crippen LogP contribution < -0.4 is 19.7 Å². The van der Waals surface area contributed by atoms with E-state index in [1.807, 2.05) is 55.4 Å². The van der Waals surface area contributed by atoms with E-state index in [0.29, 0.717) is 46.1 Å². The lowest BCUT2D eigenvalue weighted by molar-refractivity contribution is -0.0328. The number of carbonyl (C=O) groups excluding carboxylic acids is 1. The van der Waals surface area contributed by atoms with Crippen LogP contribution in [0.15, 0.2) is 113 Å². The Morgan fingerprint density at radius 2 is 1.79 bits per heavy atom. The number of aromatic amines is 1. The van der Waals surface area contributed by atoms with Crippen LogP contribution in [0.25, 0.3) is 22.2 Å². The molecule has 14 heteroatoms.